The maximum absolute atomic E-state index is 5.67. The number of H-pyrrole nitrogens is 2. The molecule has 0 spiro atoms. The number of ether oxygens (including phenoxy) is 1. The van der Waals surface area contributed by atoms with Gasteiger partial charge in [0.15, 0.2) is 0 Å². The first-order valence-corrected chi connectivity index (χ1v) is 7.80. The van der Waals surface area contributed by atoms with E-state index in [1.54, 1.807) is 6.20 Å². The zero-order valence-electron chi connectivity index (χ0n) is 12.8. The van der Waals surface area contributed by atoms with Gasteiger partial charge in [-0.25, -0.2) is 9.97 Å². The highest BCUT2D eigenvalue weighted by Crippen LogP contribution is 2.25. The van der Waals surface area contributed by atoms with Crippen LogP contribution in [-0.2, 0) is 11.3 Å². The molecule has 1 aliphatic rings. The first-order chi connectivity index (χ1) is 11.4. The van der Waals surface area contributed by atoms with Crippen LogP contribution in [0.15, 0.2) is 48.9 Å². The molecule has 6 heteroatoms. The Balaban J connectivity index is 1.56. The molecule has 2 N–H and O–H groups in total. The lowest BCUT2D eigenvalue weighted by Crippen LogP contribution is -2.39. The molecule has 0 aliphatic carbocycles. The Morgan fingerprint density at radius 1 is 1.22 bits per heavy atom. The third-order valence-corrected chi connectivity index (χ3v) is 4.14. The van der Waals surface area contributed by atoms with Crippen molar-refractivity contribution in [1.29, 1.82) is 0 Å². The molecule has 3 heterocycles. The van der Waals surface area contributed by atoms with Gasteiger partial charge < -0.3 is 14.7 Å². The van der Waals surface area contributed by atoms with Crippen LogP contribution in [-0.4, -0.2) is 44.6 Å². The number of nitrogens with zero attached hydrogens (tertiary/aromatic N) is 3. The molecule has 2 aromatic heterocycles. The molecule has 0 saturated carbocycles. The summed E-state index contributed by atoms with van der Waals surface area (Å²) >= 11 is 0. The lowest BCUT2D eigenvalue weighted by molar-refractivity contribution is -0.0166. The number of hydrogen-bond donors (Lipinski definition) is 2. The van der Waals surface area contributed by atoms with Crippen LogP contribution in [0.1, 0.15) is 17.7 Å². The maximum Gasteiger partial charge on any atom is 0.126 e. The summed E-state index contributed by atoms with van der Waals surface area (Å²) in [5.41, 5.74) is 2.17. The number of aromatic nitrogens is 4. The minimum atomic E-state index is 0.117. The molecule has 3 aromatic rings. The third kappa shape index (κ3) is 3.04. The van der Waals surface area contributed by atoms with Crippen LogP contribution >= 0.6 is 0 Å². The Kier molecular flexibility index (Phi) is 3.92. The van der Waals surface area contributed by atoms with Gasteiger partial charge in [-0.05, 0) is 5.56 Å². The van der Waals surface area contributed by atoms with Crippen molar-refractivity contribution in [2.75, 3.05) is 19.8 Å². The summed E-state index contributed by atoms with van der Waals surface area (Å²) in [6, 6.07) is 10.4. The van der Waals surface area contributed by atoms with Crippen LogP contribution in [0, 0.1) is 0 Å². The highest BCUT2D eigenvalue weighted by Gasteiger charge is 2.27. The maximum atomic E-state index is 5.67. The average molecular weight is 309 g/mol. The van der Waals surface area contributed by atoms with Crippen molar-refractivity contribution in [2.45, 2.75) is 12.6 Å². The summed E-state index contributed by atoms with van der Waals surface area (Å²) in [5.74, 6) is 1.90. The van der Waals surface area contributed by atoms with Crippen LogP contribution in [0.3, 0.4) is 0 Å². The fourth-order valence-electron chi connectivity index (χ4n) is 2.93. The first kappa shape index (κ1) is 14.2. The van der Waals surface area contributed by atoms with Crippen molar-refractivity contribution in [3.8, 4) is 11.3 Å². The van der Waals surface area contributed by atoms with E-state index in [9.17, 15) is 0 Å². The number of benzene rings is 1. The minimum Gasteiger partial charge on any atom is -0.378 e. The van der Waals surface area contributed by atoms with E-state index < -0.39 is 0 Å². The molecule has 0 unspecified atom stereocenters. The number of nitrogens with one attached hydrogen (secondary N) is 2. The second kappa shape index (κ2) is 6.36. The topological polar surface area (TPSA) is 69.8 Å². The van der Waals surface area contributed by atoms with Gasteiger partial charge in [-0.15, -0.1) is 0 Å². The van der Waals surface area contributed by atoms with E-state index in [-0.39, 0.29) is 6.04 Å². The van der Waals surface area contributed by atoms with Crippen molar-refractivity contribution in [3.05, 3.63) is 60.6 Å². The number of morpholine rings is 1. The second-order valence-corrected chi connectivity index (χ2v) is 5.65. The van der Waals surface area contributed by atoms with Crippen molar-refractivity contribution >= 4 is 0 Å². The lowest BCUT2D eigenvalue weighted by atomic mass is 10.2. The number of hydrogen-bond acceptors (Lipinski definition) is 4. The van der Waals surface area contributed by atoms with Crippen molar-refractivity contribution < 1.29 is 4.74 Å². The second-order valence-electron chi connectivity index (χ2n) is 5.65. The molecule has 0 amide bonds. The molecule has 1 saturated heterocycles. The molecule has 118 valence electrons. The third-order valence-electron chi connectivity index (χ3n) is 4.14. The Hall–Kier alpha value is -2.44. The van der Waals surface area contributed by atoms with Gasteiger partial charge in [-0.3, -0.25) is 4.90 Å². The smallest absolute Gasteiger partial charge is 0.126 e. The van der Waals surface area contributed by atoms with Gasteiger partial charge in [-0.2, -0.15) is 0 Å². The predicted octanol–water partition coefficient (Wildman–Crippen LogP) is 2.37. The summed E-state index contributed by atoms with van der Waals surface area (Å²) in [4.78, 5) is 17.9. The van der Waals surface area contributed by atoms with E-state index in [1.165, 1.54) is 0 Å². The molecule has 1 atom stereocenters. The fourth-order valence-corrected chi connectivity index (χ4v) is 2.93. The summed E-state index contributed by atoms with van der Waals surface area (Å²) in [5, 5.41) is 0. The zero-order valence-corrected chi connectivity index (χ0v) is 12.8. The Bertz CT molecular complexity index is 737. The molecular weight excluding hydrogens is 290 g/mol. The first-order valence-electron chi connectivity index (χ1n) is 7.80. The van der Waals surface area contributed by atoms with Gasteiger partial charge in [0.25, 0.3) is 0 Å². The van der Waals surface area contributed by atoms with E-state index >= 15 is 0 Å². The monoisotopic (exact) mass is 309 g/mol. The quantitative estimate of drug-likeness (QED) is 0.776. The average Bonchev–Trinajstić information content (AvgIpc) is 3.28. The van der Waals surface area contributed by atoms with Crippen LogP contribution in [0.2, 0.25) is 0 Å². The van der Waals surface area contributed by atoms with Gasteiger partial charge in [0.05, 0.1) is 37.7 Å². The van der Waals surface area contributed by atoms with Gasteiger partial charge in [0.1, 0.15) is 11.6 Å². The molecule has 1 fully saturated rings. The van der Waals surface area contributed by atoms with Gasteiger partial charge in [0.2, 0.25) is 0 Å². The van der Waals surface area contributed by atoms with Gasteiger partial charge in [-0.1, -0.05) is 30.3 Å². The van der Waals surface area contributed by atoms with Gasteiger partial charge >= 0.3 is 0 Å². The van der Waals surface area contributed by atoms with Crippen LogP contribution < -0.4 is 0 Å². The highest BCUT2D eigenvalue weighted by atomic mass is 16.5. The van der Waals surface area contributed by atoms with Crippen LogP contribution in [0.5, 0.6) is 0 Å². The van der Waals surface area contributed by atoms with Crippen molar-refractivity contribution in [3.63, 3.8) is 0 Å². The number of rotatable bonds is 4. The van der Waals surface area contributed by atoms with E-state index in [0.29, 0.717) is 6.61 Å². The summed E-state index contributed by atoms with van der Waals surface area (Å²) < 4.78 is 5.67. The highest BCUT2D eigenvalue weighted by molar-refractivity contribution is 5.58. The standard InChI is InChI=1S/C17H19N5O/c1-2-4-13(5-3-1)14-10-20-17(21-14)15-12-23-9-8-22(15)11-16-18-6-7-19-16/h1-7,10,15H,8-9,11-12H2,(H,18,19)(H,20,21)/t15-/m0/s1. The normalized spacial score (nSPS) is 19.0. The lowest BCUT2D eigenvalue weighted by Gasteiger charge is -2.33. The summed E-state index contributed by atoms with van der Waals surface area (Å²) in [6.45, 7) is 3.01. The van der Waals surface area contributed by atoms with E-state index in [0.717, 1.165) is 42.6 Å². The Labute approximate surface area is 134 Å². The Morgan fingerprint density at radius 3 is 2.96 bits per heavy atom. The summed E-state index contributed by atoms with van der Waals surface area (Å²) in [7, 11) is 0. The van der Waals surface area contributed by atoms with E-state index in [2.05, 4.69) is 37.0 Å². The van der Waals surface area contributed by atoms with Crippen molar-refractivity contribution in [2.24, 2.45) is 0 Å². The minimum absolute atomic E-state index is 0.117. The molecule has 1 aliphatic heterocycles. The number of imidazole rings is 2. The van der Waals surface area contributed by atoms with Crippen LogP contribution in [0.4, 0.5) is 0 Å². The Morgan fingerprint density at radius 2 is 2.13 bits per heavy atom. The molecule has 0 bridgehead atoms. The zero-order chi connectivity index (χ0) is 15.5. The largest absolute Gasteiger partial charge is 0.378 e. The van der Waals surface area contributed by atoms with Gasteiger partial charge in [0, 0.05) is 18.9 Å². The van der Waals surface area contributed by atoms with Crippen molar-refractivity contribution in [1.82, 2.24) is 24.8 Å². The van der Waals surface area contributed by atoms with Crippen LogP contribution in [0.25, 0.3) is 11.3 Å². The SMILES string of the molecule is c1ccc(-c2cnc([C@@H]3COCCN3Cc3ncc[nH]3)[nH]2)cc1. The molecule has 4 rings (SSSR count). The molecule has 0 radical (unpaired) electrons. The molecular formula is C17H19N5O. The molecule has 1 aromatic carbocycles. The molecule has 6 nitrogen and oxygen atoms in total. The summed E-state index contributed by atoms with van der Waals surface area (Å²) in [6.07, 6.45) is 5.53. The fraction of sp³-hybridized carbons (Fsp3) is 0.294. The van der Waals surface area contributed by atoms with E-state index in [1.807, 2.05) is 30.6 Å². The number of aromatic amines is 2. The predicted molar refractivity (Wildman–Crippen MR) is 86.6 cm³/mol. The molecule has 23 heavy (non-hydrogen) atoms. The van der Waals surface area contributed by atoms with E-state index in [4.69, 9.17) is 4.74 Å².